The van der Waals surface area contributed by atoms with E-state index in [2.05, 4.69) is 24.9 Å². The van der Waals surface area contributed by atoms with E-state index in [0.29, 0.717) is 16.6 Å². The van der Waals surface area contributed by atoms with Crippen LogP contribution in [0.4, 0.5) is 0 Å². The number of nitriles is 1. The van der Waals surface area contributed by atoms with Crippen LogP contribution < -0.4 is 0 Å². The van der Waals surface area contributed by atoms with Gasteiger partial charge in [-0.25, -0.2) is 4.98 Å². The molecule has 0 amide bonds. The van der Waals surface area contributed by atoms with E-state index >= 15 is 0 Å². The Morgan fingerprint density at radius 3 is 2.28 bits per heavy atom. The summed E-state index contributed by atoms with van der Waals surface area (Å²) < 4.78 is 0. The van der Waals surface area contributed by atoms with Gasteiger partial charge in [0, 0.05) is 5.69 Å². The van der Waals surface area contributed by atoms with Crippen LogP contribution in [-0.4, -0.2) is 4.98 Å². The topological polar surface area (TPSA) is 36.7 Å². The second-order valence-electron chi connectivity index (χ2n) is 5.30. The van der Waals surface area contributed by atoms with Gasteiger partial charge in [0.2, 0.25) is 0 Å². The van der Waals surface area contributed by atoms with Gasteiger partial charge in [-0.05, 0) is 42.7 Å². The first-order chi connectivity index (χ1) is 8.65. The lowest BCUT2D eigenvalue weighted by Crippen LogP contribution is -2.10. The van der Waals surface area contributed by atoms with Crippen molar-refractivity contribution in [2.45, 2.75) is 58.3 Å². The van der Waals surface area contributed by atoms with Crippen molar-refractivity contribution in [2.75, 3.05) is 0 Å². The van der Waals surface area contributed by atoms with Crippen molar-refractivity contribution in [1.29, 1.82) is 5.26 Å². The largest absolute Gasteiger partial charge is 0.239 e. The smallest absolute Gasteiger partial charge is 0.147 e. The predicted octanol–water partition coefficient (Wildman–Crippen LogP) is 4.39. The van der Waals surface area contributed by atoms with Crippen molar-refractivity contribution in [3.63, 3.8) is 0 Å². The first kappa shape index (κ1) is 13.4. The van der Waals surface area contributed by atoms with Gasteiger partial charge in [-0.15, -0.1) is 0 Å². The Kier molecular flexibility index (Phi) is 4.24. The van der Waals surface area contributed by atoms with Crippen molar-refractivity contribution in [3.8, 4) is 6.07 Å². The molecule has 0 unspecified atom stereocenters. The molecule has 0 aromatic carbocycles. The highest BCUT2D eigenvalue weighted by atomic mass is 35.5. The average Bonchev–Trinajstić information content (AvgIpc) is 2.29. The van der Waals surface area contributed by atoms with Crippen LogP contribution >= 0.6 is 11.6 Å². The Balaban J connectivity index is 2.62. The molecule has 0 N–H and O–H groups in total. The summed E-state index contributed by atoms with van der Waals surface area (Å²) in [6, 6.07) is 2.24. The summed E-state index contributed by atoms with van der Waals surface area (Å²) in [5.41, 5.74) is 4.17. The summed E-state index contributed by atoms with van der Waals surface area (Å²) in [5.74, 6) is 0.364. The maximum absolute atomic E-state index is 9.29. The van der Waals surface area contributed by atoms with E-state index in [-0.39, 0.29) is 0 Å². The SMILES string of the molecule is CC(C)c1nc(Cl)c(C#N)c2c1CCCCCC2. The Morgan fingerprint density at radius 1 is 1.11 bits per heavy atom. The standard InChI is InChI=1S/C15H19ClN2/c1-10(2)14-12-8-6-4-3-5-7-11(12)13(9-17)15(16)18-14/h10H,3-8H2,1-2H3. The van der Waals surface area contributed by atoms with Crippen LogP contribution in [0.2, 0.25) is 5.15 Å². The van der Waals surface area contributed by atoms with Gasteiger partial charge in [0.05, 0.1) is 5.56 Å². The van der Waals surface area contributed by atoms with Crippen LogP contribution in [0.3, 0.4) is 0 Å². The fourth-order valence-electron chi connectivity index (χ4n) is 2.76. The first-order valence-corrected chi connectivity index (χ1v) is 7.14. The van der Waals surface area contributed by atoms with E-state index in [1.54, 1.807) is 0 Å². The van der Waals surface area contributed by atoms with Gasteiger partial charge in [0.25, 0.3) is 0 Å². The molecule has 0 spiro atoms. The minimum absolute atomic E-state index is 0.364. The van der Waals surface area contributed by atoms with Crippen LogP contribution in [0.5, 0.6) is 0 Å². The molecule has 0 fully saturated rings. The van der Waals surface area contributed by atoms with Gasteiger partial charge in [0.1, 0.15) is 11.2 Å². The maximum Gasteiger partial charge on any atom is 0.147 e. The number of nitrogens with zero attached hydrogens (tertiary/aromatic N) is 2. The maximum atomic E-state index is 9.29. The summed E-state index contributed by atoms with van der Waals surface area (Å²) in [6.07, 6.45) is 6.89. The van der Waals surface area contributed by atoms with E-state index in [1.807, 2.05) is 0 Å². The molecule has 18 heavy (non-hydrogen) atoms. The molecule has 96 valence electrons. The Labute approximate surface area is 114 Å². The Bertz CT molecular complexity index is 486. The van der Waals surface area contributed by atoms with Crippen molar-refractivity contribution in [3.05, 3.63) is 27.5 Å². The molecule has 2 rings (SSSR count). The molecule has 0 saturated carbocycles. The van der Waals surface area contributed by atoms with E-state index in [9.17, 15) is 5.26 Å². The summed E-state index contributed by atoms with van der Waals surface area (Å²) >= 11 is 6.17. The third kappa shape index (κ3) is 2.52. The van der Waals surface area contributed by atoms with E-state index in [0.717, 1.165) is 25.0 Å². The zero-order valence-corrected chi connectivity index (χ0v) is 11.8. The molecule has 0 aliphatic heterocycles. The molecule has 2 nitrogen and oxygen atoms in total. The lowest BCUT2D eigenvalue weighted by atomic mass is 9.87. The Morgan fingerprint density at radius 2 is 1.72 bits per heavy atom. The molecule has 0 radical (unpaired) electrons. The zero-order valence-electron chi connectivity index (χ0n) is 11.1. The number of fused-ring (bicyclic) bond motifs is 1. The molecule has 0 saturated heterocycles. The normalized spacial score (nSPS) is 15.7. The highest BCUT2D eigenvalue weighted by Gasteiger charge is 2.20. The minimum atomic E-state index is 0.364. The van der Waals surface area contributed by atoms with Crippen molar-refractivity contribution in [1.82, 2.24) is 4.98 Å². The number of pyridine rings is 1. The number of halogens is 1. The first-order valence-electron chi connectivity index (χ1n) is 6.76. The van der Waals surface area contributed by atoms with Crippen LogP contribution in [0.15, 0.2) is 0 Å². The lowest BCUT2D eigenvalue weighted by Gasteiger charge is -2.20. The average molecular weight is 263 g/mol. The highest BCUT2D eigenvalue weighted by Crippen LogP contribution is 2.32. The van der Waals surface area contributed by atoms with Crippen LogP contribution in [0.25, 0.3) is 0 Å². The fraction of sp³-hybridized carbons (Fsp3) is 0.600. The van der Waals surface area contributed by atoms with E-state index < -0.39 is 0 Å². The van der Waals surface area contributed by atoms with Crippen LogP contribution in [0, 0.1) is 11.3 Å². The molecular weight excluding hydrogens is 244 g/mol. The van der Waals surface area contributed by atoms with Crippen molar-refractivity contribution >= 4 is 11.6 Å². The number of hydrogen-bond donors (Lipinski definition) is 0. The molecule has 1 aliphatic rings. The third-order valence-electron chi connectivity index (χ3n) is 3.66. The number of aromatic nitrogens is 1. The monoisotopic (exact) mass is 262 g/mol. The van der Waals surface area contributed by atoms with Crippen molar-refractivity contribution in [2.24, 2.45) is 0 Å². The fourth-order valence-corrected chi connectivity index (χ4v) is 3.01. The molecule has 3 heteroatoms. The predicted molar refractivity (Wildman–Crippen MR) is 73.9 cm³/mol. The molecule has 1 heterocycles. The van der Waals surface area contributed by atoms with Gasteiger partial charge in [0.15, 0.2) is 0 Å². The summed E-state index contributed by atoms with van der Waals surface area (Å²) in [5, 5.41) is 9.68. The summed E-state index contributed by atoms with van der Waals surface area (Å²) in [7, 11) is 0. The molecule has 1 aromatic rings. The molecular formula is C15H19ClN2. The quantitative estimate of drug-likeness (QED) is 0.704. The number of hydrogen-bond acceptors (Lipinski definition) is 2. The molecule has 1 aliphatic carbocycles. The van der Waals surface area contributed by atoms with Gasteiger partial charge in [-0.2, -0.15) is 5.26 Å². The van der Waals surface area contributed by atoms with Crippen molar-refractivity contribution < 1.29 is 0 Å². The third-order valence-corrected chi connectivity index (χ3v) is 3.94. The van der Waals surface area contributed by atoms with Crippen LogP contribution in [0.1, 0.15) is 67.8 Å². The highest BCUT2D eigenvalue weighted by molar-refractivity contribution is 6.30. The molecule has 0 bridgehead atoms. The van der Waals surface area contributed by atoms with E-state index in [4.69, 9.17) is 11.6 Å². The second-order valence-corrected chi connectivity index (χ2v) is 5.66. The van der Waals surface area contributed by atoms with Crippen LogP contribution in [-0.2, 0) is 12.8 Å². The summed E-state index contributed by atoms with van der Waals surface area (Å²) in [6.45, 7) is 4.29. The Hall–Kier alpha value is -1.07. The molecule has 1 aromatic heterocycles. The van der Waals surface area contributed by atoms with Gasteiger partial charge >= 0.3 is 0 Å². The molecule has 0 atom stereocenters. The summed E-state index contributed by atoms with van der Waals surface area (Å²) in [4.78, 5) is 4.47. The zero-order chi connectivity index (χ0) is 13.1. The minimum Gasteiger partial charge on any atom is -0.239 e. The lowest BCUT2D eigenvalue weighted by molar-refractivity contribution is 0.607. The van der Waals surface area contributed by atoms with Gasteiger partial charge < -0.3 is 0 Å². The van der Waals surface area contributed by atoms with Gasteiger partial charge in [-0.3, -0.25) is 0 Å². The van der Waals surface area contributed by atoms with Gasteiger partial charge in [-0.1, -0.05) is 38.3 Å². The number of rotatable bonds is 1. The van der Waals surface area contributed by atoms with E-state index in [1.165, 1.54) is 30.4 Å². The second kappa shape index (κ2) is 5.71.